The Morgan fingerprint density at radius 1 is 1.19 bits per heavy atom. The van der Waals surface area contributed by atoms with Gasteiger partial charge in [0.15, 0.2) is 0 Å². The zero-order valence-corrected chi connectivity index (χ0v) is 16.0. The summed E-state index contributed by atoms with van der Waals surface area (Å²) >= 11 is 0. The van der Waals surface area contributed by atoms with Gasteiger partial charge in [-0.2, -0.15) is 0 Å². The van der Waals surface area contributed by atoms with Crippen molar-refractivity contribution < 1.29 is 14.6 Å². The maximum atomic E-state index is 11.0. The number of hydrogen-bond donors (Lipinski definition) is 1. The van der Waals surface area contributed by atoms with Gasteiger partial charge in [-0.1, -0.05) is 19.9 Å². The van der Waals surface area contributed by atoms with Gasteiger partial charge >= 0.3 is 5.97 Å². The van der Waals surface area contributed by atoms with E-state index in [1.54, 1.807) is 12.1 Å². The smallest absolute Gasteiger partial charge is 0.337 e. The average Bonchev–Trinajstić information content (AvgIpc) is 2.60. The monoisotopic (exact) mass is 354 g/mol. The number of rotatable bonds is 4. The van der Waals surface area contributed by atoms with E-state index in [0.29, 0.717) is 6.61 Å². The van der Waals surface area contributed by atoms with Gasteiger partial charge in [-0.05, 0) is 56.2 Å². The molecule has 2 aromatic rings. The minimum atomic E-state index is -0.968. The number of fused-ring (bicyclic) bond motifs is 1. The molecule has 0 atom stereocenters. The van der Waals surface area contributed by atoms with Crippen molar-refractivity contribution in [1.29, 1.82) is 0 Å². The maximum Gasteiger partial charge on any atom is 0.337 e. The molecule has 0 bridgehead atoms. The molecule has 0 saturated heterocycles. The molecule has 1 aliphatic heterocycles. The van der Waals surface area contributed by atoms with Gasteiger partial charge in [0.05, 0.1) is 17.8 Å². The molecule has 5 heteroatoms. The molecule has 26 heavy (non-hydrogen) atoms. The highest BCUT2D eigenvalue weighted by Gasteiger charge is 2.38. The summed E-state index contributed by atoms with van der Waals surface area (Å²) in [5.41, 5.74) is 3.36. The molecule has 3 rings (SSSR count). The number of carboxylic acids is 1. The van der Waals surface area contributed by atoms with E-state index in [1.807, 2.05) is 0 Å². The molecule has 1 N–H and O–H groups in total. The predicted octanol–water partition coefficient (Wildman–Crippen LogP) is 4.48. The summed E-state index contributed by atoms with van der Waals surface area (Å²) in [6.07, 6.45) is 1.40. The molecule has 0 fully saturated rings. The van der Waals surface area contributed by atoms with Crippen LogP contribution < -0.4 is 4.90 Å². The molecule has 138 valence electrons. The number of hydrogen-bond acceptors (Lipinski definition) is 4. The van der Waals surface area contributed by atoms with Crippen molar-refractivity contribution in [2.45, 2.75) is 45.6 Å². The van der Waals surface area contributed by atoms with Crippen molar-refractivity contribution in [2.24, 2.45) is 0 Å². The van der Waals surface area contributed by atoms with Gasteiger partial charge in [0.25, 0.3) is 0 Å². The zero-order valence-electron chi connectivity index (χ0n) is 16.0. The first-order valence-electron chi connectivity index (χ1n) is 8.91. The number of aromatic nitrogens is 1. The van der Waals surface area contributed by atoms with Gasteiger partial charge in [-0.25, -0.2) is 9.78 Å². The molecule has 0 unspecified atom stereocenters. The largest absolute Gasteiger partial charge is 0.478 e. The summed E-state index contributed by atoms with van der Waals surface area (Å²) in [6, 6.07) is 9.79. The van der Waals surface area contributed by atoms with Gasteiger partial charge < -0.3 is 14.7 Å². The third-order valence-corrected chi connectivity index (χ3v) is 5.07. The lowest BCUT2D eigenvalue weighted by Crippen LogP contribution is -2.40. The Morgan fingerprint density at radius 3 is 2.50 bits per heavy atom. The summed E-state index contributed by atoms with van der Waals surface area (Å²) in [5.74, 6) is -0.230. The lowest BCUT2D eigenvalue weighted by molar-refractivity contribution is -0.0587. The summed E-state index contributed by atoms with van der Waals surface area (Å²) in [6.45, 7) is 12.1. The fourth-order valence-electron chi connectivity index (χ4n) is 3.45. The predicted molar refractivity (Wildman–Crippen MR) is 102 cm³/mol. The minimum Gasteiger partial charge on any atom is -0.478 e. The number of aromatic carboxylic acids is 1. The number of ether oxygens (including phenoxy) is 1. The molecule has 0 aliphatic carbocycles. The van der Waals surface area contributed by atoms with Crippen molar-refractivity contribution in [3.8, 4) is 0 Å². The Labute approximate surface area is 154 Å². The van der Waals surface area contributed by atoms with Crippen LogP contribution in [0.3, 0.4) is 0 Å². The Kier molecular flexibility index (Phi) is 4.53. The standard InChI is InChI=1S/C21H26N2O3/c1-6-23(18-10-7-14(12-22-18)19(24)25)15-8-9-16-17(11-15)20(2,3)13-26-21(16,4)5/h7-12H,6,13H2,1-5H3,(H,24,25). The van der Waals surface area contributed by atoms with Crippen molar-refractivity contribution >= 4 is 17.5 Å². The zero-order chi connectivity index (χ0) is 19.1. The minimum absolute atomic E-state index is 0.0686. The van der Waals surface area contributed by atoms with E-state index in [9.17, 15) is 4.79 Å². The molecule has 1 aromatic carbocycles. The first-order chi connectivity index (χ1) is 12.2. The Balaban J connectivity index is 2.04. The Hall–Kier alpha value is -2.40. The molecule has 2 heterocycles. The van der Waals surface area contributed by atoms with Gasteiger partial charge in [0, 0.05) is 23.8 Å². The van der Waals surface area contributed by atoms with Gasteiger partial charge in [0.2, 0.25) is 0 Å². The van der Waals surface area contributed by atoms with E-state index in [1.165, 1.54) is 17.3 Å². The van der Waals surface area contributed by atoms with Crippen molar-refractivity contribution in [3.63, 3.8) is 0 Å². The molecule has 0 saturated carbocycles. The number of carboxylic acid groups (broad SMARTS) is 1. The van der Waals surface area contributed by atoms with Crippen LogP contribution in [0.15, 0.2) is 36.5 Å². The average molecular weight is 354 g/mol. The SMILES string of the molecule is CCN(c1ccc2c(c1)C(C)(C)COC2(C)C)c1ccc(C(=O)O)cn1. The molecule has 0 radical (unpaired) electrons. The van der Waals surface area contributed by atoms with E-state index in [4.69, 9.17) is 9.84 Å². The summed E-state index contributed by atoms with van der Waals surface area (Å²) in [5, 5.41) is 9.06. The molecular weight excluding hydrogens is 328 g/mol. The highest BCUT2D eigenvalue weighted by Crippen LogP contribution is 2.43. The van der Waals surface area contributed by atoms with Crippen LogP contribution in [0.4, 0.5) is 11.5 Å². The quantitative estimate of drug-likeness (QED) is 0.877. The molecule has 0 spiro atoms. The van der Waals surface area contributed by atoms with Crippen LogP contribution in [0.2, 0.25) is 0 Å². The van der Waals surface area contributed by atoms with Crippen LogP contribution in [-0.4, -0.2) is 29.2 Å². The number of pyridine rings is 1. The number of anilines is 2. The molecule has 1 aromatic heterocycles. The van der Waals surface area contributed by atoms with Crippen LogP contribution in [0, 0.1) is 0 Å². The molecule has 5 nitrogen and oxygen atoms in total. The van der Waals surface area contributed by atoms with Crippen molar-refractivity contribution in [1.82, 2.24) is 4.98 Å². The molecule has 1 aliphatic rings. The Morgan fingerprint density at radius 2 is 1.92 bits per heavy atom. The summed E-state index contributed by atoms with van der Waals surface area (Å²) in [7, 11) is 0. The second-order valence-corrected chi connectivity index (χ2v) is 7.87. The summed E-state index contributed by atoms with van der Waals surface area (Å²) in [4.78, 5) is 17.5. The first-order valence-corrected chi connectivity index (χ1v) is 8.91. The highest BCUT2D eigenvalue weighted by molar-refractivity contribution is 5.87. The molecule has 0 amide bonds. The summed E-state index contributed by atoms with van der Waals surface area (Å²) < 4.78 is 6.07. The lowest BCUT2D eigenvalue weighted by atomic mass is 9.75. The van der Waals surface area contributed by atoms with Crippen molar-refractivity contribution in [2.75, 3.05) is 18.1 Å². The van der Waals surface area contributed by atoms with E-state index in [-0.39, 0.29) is 16.6 Å². The van der Waals surface area contributed by atoms with Gasteiger partial charge in [-0.15, -0.1) is 0 Å². The fourth-order valence-corrected chi connectivity index (χ4v) is 3.45. The topological polar surface area (TPSA) is 62.7 Å². The van der Waals surface area contributed by atoms with E-state index in [0.717, 1.165) is 18.1 Å². The fraction of sp³-hybridized carbons (Fsp3) is 0.429. The second-order valence-electron chi connectivity index (χ2n) is 7.87. The van der Waals surface area contributed by atoms with E-state index < -0.39 is 5.97 Å². The number of benzene rings is 1. The van der Waals surface area contributed by atoms with Gasteiger partial charge in [-0.3, -0.25) is 0 Å². The normalized spacial score (nSPS) is 17.4. The van der Waals surface area contributed by atoms with Crippen LogP contribution in [0.5, 0.6) is 0 Å². The number of nitrogens with zero attached hydrogens (tertiary/aromatic N) is 2. The van der Waals surface area contributed by atoms with Crippen LogP contribution >= 0.6 is 0 Å². The Bertz CT molecular complexity index is 826. The van der Waals surface area contributed by atoms with Crippen LogP contribution in [0.25, 0.3) is 0 Å². The lowest BCUT2D eigenvalue weighted by Gasteiger charge is -2.42. The van der Waals surface area contributed by atoms with Gasteiger partial charge in [0.1, 0.15) is 5.82 Å². The maximum absolute atomic E-state index is 11.0. The molecular formula is C21H26N2O3. The third-order valence-electron chi connectivity index (χ3n) is 5.07. The number of carbonyl (C=O) groups is 1. The third kappa shape index (κ3) is 3.19. The second kappa shape index (κ2) is 6.40. The van der Waals surface area contributed by atoms with Crippen molar-refractivity contribution in [3.05, 3.63) is 53.2 Å². The highest BCUT2D eigenvalue weighted by atomic mass is 16.5. The van der Waals surface area contributed by atoms with Crippen LogP contribution in [0.1, 0.15) is 56.1 Å². The van der Waals surface area contributed by atoms with Crippen LogP contribution in [-0.2, 0) is 15.8 Å². The van der Waals surface area contributed by atoms with E-state index >= 15 is 0 Å². The van der Waals surface area contributed by atoms with E-state index in [2.05, 4.69) is 62.7 Å². The first kappa shape index (κ1) is 18.4.